The van der Waals surface area contributed by atoms with Crippen LogP contribution in [-0.4, -0.2) is 27.3 Å². The van der Waals surface area contributed by atoms with Crippen molar-refractivity contribution in [2.24, 2.45) is 0 Å². The molecule has 0 fully saturated rings. The molecule has 146 valence electrons. The van der Waals surface area contributed by atoms with E-state index in [0.717, 1.165) is 22.7 Å². The van der Waals surface area contributed by atoms with Crippen LogP contribution in [0, 0.1) is 6.92 Å². The molecule has 0 unspecified atom stereocenters. The number of fused-ring (bicyclic) bond motifs is 1. The number of carbonyl (C=O) groups is 1. The SMILES string of the molecule is Cc1nc(C(=O)N[C@@H]2COCc3c2cnn3-c2ccc(C(F)(F)F)cc2)cs1. The summed E-state index contributed by atoms with van der Waals surface area (Å²) >= 11 is 1.38. The number of hydrogen-bond donors (Lipinski definition) is 1. The number of hydrogen-bond acceptors (Lipinski definition) is 5. The van der Waals surface area contributed by atoms with Crippen LogP contribution in [0.1, 0.15) is 38.4 Å². The maximum Gasteiger partial charge on any atom is 0.416 e. The van der Waals surface area contributed by atoms with Crippen LogP contribution in [0.25, 0.3) is 5.69 Å². The average Bonchev–Trinajstić information content (AvgIpc) is 3.28. The fourth-order valence-electron chi connectivity index (χ4n) is 3.02. The van der Waals surface area contributed by atoms with Crippen LogP contribution in [0.4, 0.5) is 13.2 Å². The van der Waals surface area contributed by atoms with Crippen molar-refractivity contribution in [2.75, 3.05) is 6.61 Å². The number of nitrogens with one attached hydrogen (secondary N) is 1. The van der Waals surface area contributed by atoms with E-state index in [-0.39, 0.29) is 19.1 Å². The Bertz CT molecular complexity index is 1010. The Labute approximate surface area is 162 Å². The Hall–Kier alpha value is -2.72. The molecule has 28 heavy (non-hydrogen) atoms. The van der Waals surface area contributed by atoms with Gasteiger partial charge in [0.2, 0.25) is 0 Å². The molecule has 4 rings (SSSR count). The summed E-state index contributed by atoms with van der Waals surface area (Å²) < 4.78 is 45.4. The highest BCUT2D eigenvalue weighted by Crippen LogP contribution is 2.31. The van der Waals surface area contributed by atoms with Gasteiger partial charge >= 0.3 is 6.18 Å². The zero-order valence-electron chi connectivity index (χ0n) is 14.7. The number of halogens is 3. The molecule has 0 saturated carbocycles. The molecule has 1 N–H and O–H groups in total. The topological polar surface area (TPSA) is 69.0 Å². The predicted molar refractivity (Wildman–Crippen MR) is 95.3 cm³/mol. The van der Waals surface area contributed by atoms with Crippen LogP contribution >= 0.6 is 11.3 Å². The summed E-state index contributed by atoms with van der Waals surface area (Å²) in [5.74, 6) is -0.312. The van der Waals surface area contributed by atoms with Gasteiger partial charge in [-0.25, -0.2) is 9.67 Å². The molecule has 0 spiro atoms. The minimum atomic E-state index is -4.39. The number of ether oxygens (including phenoxy) is 1. The monoisotopic (exact) mass is 408 g/mol. The van der Waals surface area contributed by atoms with Crippen molar-refractivity contribution in [3.63, 3.8) is 0 Å². The Morgan fingerprint density at radius 3 is 2.71 bits per heavy atom. The van der Waals surface area contributed by atoms with Crippen LogP contribution in [-0.2, 0) is 17.5 Å². The second kappa shape index (κ2) is 7.02. The number of amides is 1. The second-order valence-corrected chi connectivity index (χ2v) is 7.36. The molecular weight excluding hydrogens is 393 g/mol. The third-order valence-electron chi connectivity index (χ3n) is 4.40. The van der Waals surface area contributed by atoms with Gasteiger partial charge in [-0.3, -0.25) is 4.79 Å². The molecule has 0 bridgehead atoms. The zero-order chi connectivity index (χ0) is 19.9. The third-order valence-corrected chi connectivity index (χ3v) is 5.17. The van der Waals surface area contributed by atoms with Crippen LogP contribution in [0.15, 0.2) is 35.8 Å². The molecule has 1 aliphatic heterocycles. The lowest BCUT2D eigenvalue weighted by Crippen LogP contribution is -2.34. The third kappa shape index (κ3) is 3.52. The highest BCUT2D eigenvalue weighted by molar-refractivity contribution is 7.09. The maximum absolute atomic E-state index is 12.8. The van der Waals surface area contributed by atoms with Crippen molar-refractivity contribution in [2.45, 2.75) is 25.7 Å². The highest BCUT2D eigenvalue weighted by Gasteiger charge is 2.31. The van der Waals surface area contributed by atoms with Gasteiger partial charge in [-0.05, 0) is 31.2 Å². The van der Waals surface area contributed by atoms with Crippen molar-refractivity contribution >= 4 is 17.2 Å². The van der Waals surface area contributed by atoms with Gasteiger partial charge in [0.1, 0.15) is 5.69 Å². The lowest BCUT2D eigenvalue weighted by molar-refractivity contribution is -0.137. The van der Waals surface area contributed by atoms with Gasteiger partial charge in [0.15, 0.2) is 0 Å². The van der Waals surface area contributed by atoms with E-state index in [1.165, 1.54) is 28.2 Å². The normalized spacial score (nSPS) is 16.6. The van der Waals surface area contributed by atoms with E-state index in [1.54, 1.807) is 11.6 Å². The summed E-state index contributed by atoms with van der Waals surface area (Å²) in [6.45, 7) is 2.34. The summed E-state index contributed by atoms with van der Waals surface area (Å²) in [7, 11) is 0. The van der Waals surface area contributed by atoms with Crippen LogP contribution < -0.4 is 5.32 Å². The first-order valence-electron chi connectivity index (χ1n) is 8.38. The van der Waals surface area contributed by atoms with Gasteiger partial charge in [-0.2, -0.15) is 18.3 Å². The Morgan fingerprint density at radius 1 is 1.32 bits per heavy atom. The van der Waals surface area contributed by atoms with Crippen molar-refractivity contribution in [1.29, 1.82) is 0 Å². The van der Waals surface area contributed by atoms with E-state index in [9.17, 15) is 18.0 Å². The highest BCUT2D eigenvalue weighted by atomic mass is 32.1. The molecule has 6 nitrogen and oxygen atoms in total. The number of rotatable bonds is 3. The van der Waals surface area contributed by atoms with Crippen molar-refractivity contribution < 1.29 is 22.7 Å². The number of carbonyl (C=O) groups excluding carboxylic acids is 1. The smallest absolute Gasteiger partial charge is 0.373 e. The molecule has 1 aromatic carbocycles. The Kier molecular flexibility index (Phi) is 4.68. The van der Waals surface area contributed by atoms with Crippen molar-refractivity contribution in [3.05, 3.63) is 63.4 Å². The zero-order valence-corrected chi connectivity index (χ0v) is 15.5. The van der Waals surface area contributed by atoms with E-state index in [1.807, 2.05) is 6.92 Å². The Balaban J connectivity index is 1.58. The molecule has 1 atom stereocenters. The molecule has 2 aromatic heterocycles. The molecule has 1 amide bonds. The number of thiazole rings is 1. The van der Waals surface area contributed by atoms with Gasteiger partial charge in [0, 0.05) is 10.9 Å². The van der Waals surface area contributed by atoms with Gasteiger partial charge < -0.3 is 10.1 Å². The van der Waals surface area contributed by atoms with Crippen molar-refractivity contribution in [3.8, 4) is 5.69 Å². The van der Waals surface area contributed by atoms with Gasteiger partial charge in [0.05, 0.1) is 47.4 Å². The van der Waals surface area contributed by atoms with Gasteiger partial charge in [-0.1, -0.05) is 0 Å². The fraction of sp³-hybridized carbons (Fsp3) is 0.278. The molecule has 1 aliphatic rings. The summed E-state index contributed by atoms with van der Waals surface area (Å²) in [6.07, 6.45) is -2.79. The fourth-order valence-corrected chi connectivity index (χ4v) is 3.61. The summed E-state index contributed by atoms with van der Waals surface area (Å²) in [5.41, 5.74) is 1.55. The van der Waals surface area contributed by atoms with E-state index < -0.39 is 17.8 Å². The standard InChI is InChI=1S/C18H15F3N4O2S/c1-10-23-15(9-28-10)17(26)24-14-7-27-8-16-13(14)6-22-25(16)12-4-2-11(3-5-12)18(19,20)21/h2-6,9,14H,7-8H2,1H3,(H,24,26)/t14-/m1/s1. The second-order valence-electron chi connectivity index (χ2n) is 6.30. The summed E-state index contributed by atoms with van der Waals surface area (Å²) in [4.78, 5) is 16.6. The average molecular weight is 408 g/mol. The largest absolute Gasteiger partial charge is 0.416 e. The maximum atomic E-state index is 12.8. The van der Waals surface area contributed by atoms with E-state index in [2.05, 4.69) is 15.4 Å². The quantitative estimate of drug-likeness (QED) is 0.718. The van der Waals surface area contributed by atoms with Gasteiger partial charge in [-0.15, -0.1) is 11.3 Å². The van der Waals surface area contributed by atoms with E-state index >= 15 is 0 Å². The van der Waals surface area contributed by atoms with Crippen LogP contribution in [0.3, 0.4) is 0 Å². The first-order valence-corrected chi connectivity index (χ1v) is 9.26. The first-order chi connectivity index (χ1) is 13.3. The number of aromatic nitrogens is 3. The first kappa shape index (κ1) is 18.6. The lowest BCUT2D eigenvalue weighted by Gasteiger charge is -2.24. The molecule has 3 heterocycles. The summed E-state index contributed by atoms with van der Waals surface area (Å²) in [6, 6.07) is 4.32. The van der Waals surface area contributed by atoms with E-state index in [4.69, 9.17) is 4.74 Å². The minimum absolute atomic E-state index is 0.249. The summed E-state index contributed by atoms with van der Waals surface area (Å²) in [5, 5.41) is 9.64. The van der Waals surface area contributed by atoms with E-state index in [0.29, 0.717) is 17.1 Å². The van der Waals surface area contributed by atoms with Gasteiger partial charge in [0.25, 0.3) is 5.91 Å². The van der Waals surface area contributed by atoms with Crippen LogP contribution in [0.5, 0.6) is 0 Å². The number of nitrogens with zero attached hydrogens (tertiary/aromatic N) is 3. The number of benzene rings is 1. The molecule has 3 aromatic rings. The molecule has 0 aliphatic carbocycles. The predicted octanol–water partition coefficient (Wildman–Crippen LogP) is 3.66. The molecule has 10 heteroatoms. The molecule has 0 radical (unpaired) electrons. The molecular formula is C18H15F3N4O2S. The Morgan fingerprint density at radius 2 is 2.07 bits per heavy atom. The van der Waals surface area contributed by atoms with Crippen molar-refractivity contribution in [1.82, 2.24) is 20.1 Å². The minimum Gasteiger partial charge on any atom is -0.373 e. The lowest BCUT2D eigenvalue weighted by atomic mass is 10.1. The number of alkyl halides is 3. The molecule has 0 saturated heterocycles. The number of aryl methyl sites for hydroxylation is 1. The van der Waals surface area contributed by atoms with Crippen LogP contribution in [0.2, 0.25) is 0 Å².